The SMILES string of the molecule is Cc1nc(N[C@H](C)c2cccc(C(F)F)c2F)c2cc3c(cc2n1)CCN3C1CCNC1. The van der Waals surface area contributed by atoms with Crippen molar-refractivity contribution in [2.45, 2.75) is 45.2 Å². The van der Waals surface area contributed by atoms with Gasteiger partial charge in [-0.25, -0.2) is 23.1 Å². The Bertz CT molecular complexity index is 1160. The first-order valence-electron chi connectivity index (χ1n) is 11.0. The maximum absolute atomic E-state index is 14.7. The van der Waals surface area contributed by atoms with Gasteiger partial charge < -0.3 is 15.5 Å². The van der Waals surface area contributed by atoms with Crippen LogP contribution in [0.3, 0.4) is 0 Å². The molecule has 0 saturated carbocycles. The van der Waals surface area contributed by atoms with Gasteiger partial charge in [-0.3, -0.25) is 0 Å². The van der Waals surface area contributed by atoms with Crippen LogP contribution in [-0.2, 0) is 6.42 Å². The van der Waals surface area contributed by atoms with Gasteiger partial charge in [0.15, 0.2) is 0 Å². The van der Waals surface area contributed by atoms with Crippen LogP contribution in [0.15, 0.2) is 30.3 Å². The lowest BCUT2D eigenvalue weighted by Crippen LogP contribution is -2.35. The summed E-state index contributed by atoms with van der Waals surface area (Å²) in [6, 6.07) is 8.28. The molecule has 5 rings (SSSR count). The Kier molecular flexibility index (Phi) is 5.41. The van der Waals surface area contributed by atoms with Gasteiger partial charge in [0.25, 0.3) is 6.43 Å². The molecule has 2 aromatic carbocycles. The molecule has 0 amide bonds. The second-order valence-electron chi connectivity index (χ2n) is 8.62. The molecule has 5 nitrogen and oxygen atoms in total. The summed E-state index contributed by atoms with van der Waals surface area (Å²) in [7, 11) is 0. The van der Waals surface area contributed by atoms with Gasteiger partial charge in [0.2, 0.25) is 0 Å². The molecule has 1 unspecified atom stereocenters. The second kappa shape index (κ2) is 8.24. The molecule has 1 saturated heterocycles. The molecule has 32 heavy (non-hydrogen) atoms. The monoisotopic (exact) mass is 441 g/mol. The van der Waals surface area contributed by atoms with Crippen molar-refractivity contribution in [2.75, 3.05) is 29.9 Å². The number of halogens is 3. The van der Waals surface area contributed by atoms with Gasteiger partial charge in [-0.1, -0.05) is 18.2 Å². The molecule has 8 heteroatoms. The molecule has 2 aliphatic rings. The van der Waals surface area contributed by atoms with Crippen LogP contribution < -0.4 is 15.5 Å². The lowest BCUT2D eigenvalue weighted by molar-refractivity contribution is 0.146. The Labute approximate surface area is 185 Å². The summed E-state index contributed by atoms with van der Waals surface area (Å²) in [6.07, 6.45) is -0.762. The highest BCUT2D eigenvalue weighted by atomic mass is 19.3. The predicted octanol–water partition coefficient (Wildman–Crippen LogP) is 4.91. The fourth-order valence-electron chi connectivity index (χ4n) is 4.90. The number of rotatable bonds is 5. The Balaban J connectivity index is 1.53. The summed E-state index contributed by atoms with van der Waals surface area (Å²) < 4.78 is 41.0. The number of hydrogen-bond acceptors (Lipinski definition) is 5. The number of aryl methyl sites for hydroxylation is 1. The van der Waals surface area contributed by atoms with Gasteiger partial charge in [-0.2, -0.15) is 0 Å². The van der Waals surface area contributed by atoms with Crippen molar-refractivity contribution in [3.63, 3.8) is 0 Å². The van der Waals surface area contributed by atoms with E-state index in [4.69, 9.17) is 0 Å². The van der Waals surface area contributed by atoms with Gasteiger partial charge in [0, 0.05) is 35.8 Å². The van der Waals surface area contributed by atoms with E-state index in [-0.39, 0.29) is 5.56 Å². The van der Waals surface area contributed by atoms with E-state index in [1.165, 1.54) is 23.4 Å². The van der Waals surface area contributed by atoms with Gasteiger partial charge in [-0.05, 0) is 50.9 Å². The van der Waals surface area contributed by atoms with Crippen molar-refractivity contribution in [2.24, 2.45) is 0 Å². The molecule has 168 valence electrons. The molecule has 1 aromatic heterocycles. The molecule has 3 aromatic rings. The minimum absolute atomic E-state index is 0.187. The molecular formula is C24H26F3N5. The largest absolute Gasteiger partial charge is 0.367 e. The van der Waals surface area contributed by atoms with Crippen LogP contribution in [0, 0.1) is 12.7 Å². The molecule has 2 N–H and O–H groups in total. The molecule has 0 radical (unpaired) electrons. The van der Waals surface area contributed by atoms with Crippen molar-refractivity contribution < 1.29 is 13.2 Å². The second-order valence-corrected chi connectivity index (χ2v) is 8.62. The predicted molar refractivity (Wildman–Crippen MR) is 120 cm³/mol. The van der Waals surface area contributed by atoms with Crippen molar-refractivity contribution in [3.8, 4) is 0 Å². The highest BCUT2D eigenvalue weighted by Gasteiger charge is 2.29. The molecule has 2 atom stereocenters. The molecular weight excluding hydrogens is 415 g/mol. The minimum Gasteiger partial charge on any atom is -0.367 e. The number of fused-ring (bicyclic) bond motifs is 2. The molecule has 0 spiro atoms. The Morgan fingerprint density at radius 2 is 2.00 bits per heavy atom. The summed E-state index contributed by atoms with van der Waals surface area (Å²) in [4.78, 5) is 11.6. The van der Waals surface area contributed by atoms with Crippen LogP contribution in [0.4, 0.5) is 24.7 Å². The van der Waals surface area contributed by atoms with E-state index in [1.54, 1.807) is 6.92 Å². The molecule has 3 heterocycles. The third-order valence-electron chi connectivity index (χ3n) is 6.53. The van der Waals surface area contributed by atoms with Crippen molar-refractivity contribution in [1.82, 2.24) is 15.3 Å². The summed E-state index contributed by atoms with van der Waals surface area (Å²) in [5, 5.41) is 7.54. The molecule has 0 bridgehead atoms. The topological polar surface area (TPSA) is 53.1 Å². The highest BCUT2D eigenvalue weighted by Crippen LogP contribution is 2.37. The number of aromatic nitrogens is 2. The van der Waals surface area contributed by atoms with Crippen molar-refractivity contribution in [3.05, 3.63) is 58.7 Å². The zero-order valence-electron chi connectivity index (χ0n) is 18.1. The average Bonchev–Trinajstić information content (AvgIpc) is 3.41. The normalized spacial score (nSPS) is 19.1. The third-order valence-corrected chi connectivity index (χ3v) is 6.53. The number of nitrogens with one attached hydrogen (secondary N) is 2. The first-order valence-corrected chi connectivity index (χ1v) is 11.0. The van der Waals surface area contributed by atoms with Crippen LogP contribution in [0.25, 0.3) is 10.9 Å². The quantitative estimate of drug-likeness (QED) is 0.589. The average molecular weight is 442 g/mol. The summed E-state index contributed by atoms with van der Waals surface area (Å²) >= 11 is 0. The third kappa shape index (κ3) is 3.66. The minimum atomic E-state index is -2.86. The van der Waals surface area contributed by atoms with Gasteiger partial charge in [0.05, 0.1) is 17.1 Å². The number of benzene rings is 2. The zero-order chi connectivity index (χ0) is 22.4. The fraction of sp³-hybridized carbons (Fsp3) is 0.417. The van der Waals surface area contributed by atoms with Gasteiger partial charge >= 0.3 is 0 Å². The Hall–Kier alpha value is -2.87. The summed E-state index contributed by atoms with van der Waals surface area (Å²) in [6.45, 7) is 6.55. The Morgan fingerprint density at radius 3 is 2.75 bits per heavy atom. The highest BCUT2D eigenvalue weighted by molar-refractivity contribution is 5.93. The lowest BCUT2D eigenvalue weighted by atomic mass is 10.0. The smallest absolute Gasteiger partial charge is 0.266 e. The van der Waals surface area contributed by atoms with Crippen LogP contribution in [0.2, 0.25) is 0 Å². The lowest BCUT2D eigenvalue weighted by Gasteiger charge is -2.26. The summed E-state index contributed by atoms with van der Waals surface area (Å²) in [5.41, 5.74) is 2.90. The van der Waals surface area contributed by atoms with E-state index in [9.17, 15) is 13.2 Å². The number of anilines is 2. The van der Waals surface area contributed by atoms with E-state index in [0.29, 0.717) is 17.7 Å². The number of alkyl halides is 2. The number of hydrogen-bond donors (Lipinski definition) is 2. The Morgan fingerprint density at radius 1 is 1.19 bits per heavy atom. The van der Waals surface area contributed by atoms with Crippen LogP contribution in [0.5, 0.6) is 0 Å². The molecule has 2 aliphatic heterocycles. The van der Waals surface area contributed by atoms with Gasteiger partial charge in [-0.15, -0.1) is 0 Å². The van der Waals surface area contributed by atoms with Crippen molar-refractivity contribution >= 4 is 22.4 Å². The van der Waals surface area contributed by atoms with E-state index in [2.05, 4.69) is 37.6 Å². The number of nitrogens with zero attached hydrogens (tertiary/aromatic N) is 3. The van der Waals surface area contributed by atoms with Crippen LogP contribution in [-0.4, -0.2) is 35.6 Å². The maximum atomic E-state index is 14.7. The molecule has 0 aliphatic carbocycles. The van der Waals surface area contributed by atoms with Gasteiger partial charge in [0.1, 0.15) is 17.5 Å². The molecule has 1 fully saturated rings. The van der Waals surface area contributed by atoms with E-state index in [1.807, 2.05) is 6.92 Å². The first kappa shape index (κ1) is 21.0. The van der Waals surface area contributed by atoms with E-state index < -0.39 is 23.8 Å². The van der Waals surface area contributed by atoms with E-state index in [0.717, 1.165) is 49.4 Å². The maximum Gasteiger partial charge on any atom is 0.266 e. The van der Waals surface area contributed by atoms with Crippen molar-refractivity contribution in [1.29, 1.82) is 0 Å². The zero-order valence-corrected chi connectivity index (χ0v) is 18.1. The van der Waals surface area contributed by atoms with Crippen LogP contribution in [0.1, 0.15) is 48.3 Å². The fourth-order valence-corrected chi connectivity index (χ4v) is 4.90. The summed E-state index contributed by atoms with van der Waals surface area (Å²) in [5.74, 6) is 0.309. The first-order chi connectivity index (χ1) is 15.4. The van der Waals surface area contributed by atoms with Crippen LogP contribution >= 0.6 is 0 Å². The van der Waals surface area contributed by atoms with E-state index >= 15 is 0 Å². The standard InChI is InChI=1S/C24H26F3N5/c1-13(17-4-3-5-18(22(17)25)23(26)27)29-24-19-11-21-15(10-20(19)30-14(2)31-24)7-9-32(21)16-6-8-28-12-16/h3-5,10-11,13,16,23,28H,6-9,12H2,1-2H3,(H,29,30,31)/t13-,16?/m1/s1.